The SMILES string of the molecule is CC1(C[C@@]2(c3ccccc3)CCN([C@H](c3ccc(Br)cc3)C3CC3)C(=O)O2)CO1. The molecule has 0 spiro atoms. The monoisotopic (exact) mass is 455 g/mol. The molecule has 0 aromatic heterocycles. The van der Waals surface area contributed by atoms with Gasteiger partial charge in [0, 0.05) is 23.9 Å². The molecular formula is C24H26BrNO3. The summed E-state index contributed by atoms with van der Waals surface area (Å²) in [6.07, 6.45) is 3.61. The number of ether oxygens (including phenoxy) is 2. The van der Waals surface area contributed by atoms with Crippen molar-refractivity contribution in [3.8, 4) is 0 Å². The van der Waals surface area contributed by atoms with E-state index in [-0.39, 0.29) is 17.7 Å². The second-order valence-corrected chi connectivity index (χ2v) is 9.84. The van der Waals surface area contributed by atoms with Gasteiger partial charge in [0.15, 0.2) is 0 Å². The maximum atomic E-state index is 13.4. The third-order valence-electron chi connectivity index (χ3n) is 6.49. The van der Waals surface area contributed by atoms with Gasteiger partial charge in [-0.15, -0.1) is 0 Å². The van der Waals surface area contributed by atoms with Crippen LogP contribution in [0.3, 0.4) is 0 Å². The summed E-state index contributed by atoms with van der Waals surface area (Å²) >= 11 is 3.51. The molecule has 0 bridgehead atoms. The zero-order valence-corrected chi connectivity index (χ0v) is 18.2. The number of halogens is 1. The molecule has 4 nitrogen and oxygen atoms in total. The minimum absolute atomic E-state index is 0.0946. The van der Waals surface area contributed by atoms with Crippen LogP contribution >= 0.6 is 15.9 Å². The smallest absolute Gasteiger partial charge is 0.411 e. The van der Waals surface area contributed by atoms with Gasteiger partial charge < -0.3 is 14.4 Å². The van der Waals surface area contributed by atoms with E-state index in [4.69, 9.17) is 9.47 Å². The number of amides is 1. The molecule has 1 saturated carbocycles. The minimum atomic E-state index is -0.617. The first-order valence-corrected chi connectivity index (χ1v) is 11.2. The number of epoxide rings is 1. The molecule has 2 aliphatic heterocycles. The van der Waals surface area contributed by atoms with Crippen molar-refractivity contribution in [1.29, 1.82) is 0 Å². The largest absolute Gasteiger partial charge is 0.438 e. The minimum Gasteiger partial charge on any atom is -0.438 e. The molecular weight excluding hydrogens is 430 g/mol. The molecule has 2 saturated heterocycles. The lowest BCUT2D eigenvalue weighted by molar-refractivity contribution is -0.0780. The predicted molar refractivity (Wildman–Crippen MR) is 115 cm³/mol. The van der Waals surface area contributed by atoms with Crippen LogP contribution in [-0.2, 0) is 15.1 Å². The molecule has 3 aliphatic rings. The fourth-order valence-corrected chi connectivity index (χ4v) is 4.97. The Morgan fingerprint density at radius 3 is 2.41 bits per heavy atom. The molecule has 29 heavy (non-hydrogen) atoms. The van der Waals surface area contributed by atoms with Crippen molar-refractivity contribution in [3.63, 3.8) is 0 Å². The average molecular weight is 456 g/mol. The van der Waals surface area contributed by atoms with E-state index in [1.807, 2.05) is 23.1 Å². The van der Waals surface area contributed by atoms with Crippen molar-refractivity contribution in [2.75, 3.05) is 13.2 Å². The van der Waals surface area contributed by atoms with Gasteiger partial charge in [-0.25, -0.2) is 4.79 Å². The first-order chi connectivity index (χ1) is 14.0. The fraction of sp³-hybridized carbons (Fsp3) is 0.458. The van der Waals surface area contributed by atoms with Crippen LogP contribution in [0.15, 0.2) is 59.1 Å². The van der Waals surface area contributed by atoms with Crippen LogP contribution < -0.4 is 0 Å². The Morgan fingerprint density at radius 1 is 1.14 bits per heavy atom. The summed E-state index contributed by atoms with van der Waals surface area (Å²) in [6.45, 7) is 3.53. The molecule has 3 atom stereocenters. The molecule has 1 unspecified atom stereocenters. The van der Waals surface area contributed by atoms with Crippen molar-refractivity contribution >= 4 is 22.0 Å². The number of benzene rings is 2. The third-order valence-corrected chi connectivity index (χ3v) is 7.01. The third kappa shape index (κ3) is 3.82. The van der Waals surface area contributed by atoms with Gasteiger partial charge in [0.25, 0.3) is 0 Å². The highest BCUT2D eigenvalue weighted by Crippen LogP contribution is 2.50. The number of carbonyl (C=O) groups is 1. The van der Waals surface area contributed by atoms with E-state index in [0.29, 0.717) is 18.9 Å². The zero-order chi connectivity index (χ0) is 20.1. The van der Waals surface area contributed by atoms with Crippen LogP contribution in [0.2, 0.25) is 0 Å². The summed E-state index contributed by atoms with van der Waals surface area (Å²) in [7, 11) is 0. The van der Waals surface area contributed by atoms with Crippen LogP contribution in [-0.4, -0.2) is 29.7 Å². The van der Waals surface area contributed by atoms with Crippen LogP contribution in [0.1, 0.15) is 49.8 Å². The fourth-order valence-electron chi connectivity index (χ4n) is 4.70. The van der Waals surface area contributed by atoms with E-state index < -0.39 is 5.60 Å². The van der Waals surface area contributed by atoms with Crippen LogP contribution in [0, 0.1) is 5.92 Å². The number of cyclic esters (lactones) is 1. The molecule has 2 aromatic rings. The number of carbonyl (C=O) groups excluding carboxylic acids is 1. The van der Waals surface area contributed by atoms with Crippen molar-refractivity contribution in [1.82, 2.24) is 4.90 Å². The van der Waals surface area contributed by atoms with Gasteiger partial charge in [0.1, 0.15) is 5.60 Å². The van der Waals surface area contributed by atoms with Crippen molar-refractivity contribution in [2.45, 2.75) is 49.9 Å². The standard InChI is InChI=1S/C24H26BrNO3/c1-23(16-28-23)15-24(19-5-3-2-4-6-19)13-14-26(22(27)29-24)21(17-7-8-17)18-9-11-20(25)12-10-18/h2-6,9-12,17,21H,7-8,13-16H2,1H3/t21-,23?,24+/m0/s1. The Labute approximate surface area is 180 Å². The number of hydrogen-bond donors (Lipinski definition) is 0. The van der Waals surface area contributed by atoms with Gasteiger partial charge in [-0.1, -0.05) is 58.4 Å². The van der Waals surface area contributed by atoms with Crippen molar-refractivity contribution < 1.29 is 14.3 Å². The van der Waals surface area contributed by atoms with E-state index in [2.05, 4.69) is 59.3 Å². The highest BCUT2D eigenvalue weighted by atomic mass is 79.9. The maximum Gasteiger partial charge on any atom is 0.411 e. The van der Waals surface area contributed by atoms with Gasteiger partial charge in [0.2, 0.25) is 0 Å². The van der Waals surface area contributed by atoms with Crippen molar-refractivity contribution in [2.24, 2.45) is 5.92 Å². The summed E-state index contributed by atoms with van der Waals surface area (Å²) in [5, 5.41) is 0. The zero-order valence-electron chi connectivity index (χ0n) is 16.6. The average Bonchev–Trinajstić information content (AvgIpc) is 3.65. The first kappa shape index (κ1) is 19.1. The summed E-state index contributed by atoms with van der Waals surface area (Å²) in [5.74, 6) is 0.525. The second-order valence-electron chi connectivity index (χ2n) is 8.92. The van der Waals surface area contributed by atoms with Gasteiger partial charge in [-0.2, -0.15) is 0 Å². The second kappa shape index (κ2) is 7.13. The molecule has 1 aliphatic carbocycles. The Bertz CT molecular complexity index is 892. The number of hydrogen-bond acceptors (Lipinski definition) is 3. The molecule has 5 heteroatoms. The van der Waals surface area contributed by atoms with Gasteiger partial charge >= 0.3 is 6.09 Å². The van der Waals surface area contributed by atoms with Crippen LogP contribution in [0.4, 0.5) is 4.79 Å². The molecule has 5 rings (SSSR count). The van der Waals surface area contributed by atoms with Gasteiger partial charge in [-0.05, 0) is 48.9 Å². The van der Waals surface area contributed by atoms with Crippen LogP contribution in [0.25, 0.3) is 0 Å². The normalized spacial score (nSPS) is 30.0. The molecule has 3 fully saturated rings. The van der Waals surface area contributed by atoms with E-state index >= 15 is 0 Å². The molecule has 0 N–H and O–H groups in total. The predicted octanol–water partition coefficient (Wildman–Crippen LogP) is 5.82. The Balaban J connectivity index is 1.43. The number of nitrogens with zero attached hydrogens (tertiary/aromatic N) is 1. The topological polar surface area (TPSA) is 42.1 Å². The highest BCUT2D eigenvalue weighted by molar-refractivity contribution is 9.10. The molecule has 2 heterocycles. The molecule has 0 radical (unpaired) electrons. The van der Waals surface area contributed by atoms with Gasteiger partial charge in [-0.3, -0.25) is 0 Å². The van der Waals surface area contributed by atoms with Crippen LogP contribution in [0.5, 0.6) is 0 Å². The summed E-state index contributed by atoms with van der Waals surface area (Å²) in [4.78, 5) is 15.3. The highest BCUT2D eigenvalue weighted by Gasteiger charge is 2.53. The van der Waals surface area contributed by atoms with E-state index in [1.54, 1.807) is 0 Å². The van der Waals surface area contributed by atoms with E-state index in [0.717, 1.165) is 23.1 Å². The molecule has 152 valence electrons. The lowest BCUT2D eigenvalue weighted by Gasteiger charge is -2.45. The quantitative estimate of drug-likeness (QED) is 0.515. The summed E-state index contributed by atoms with van der Waals surface area (Å²) in [5.41, 5.74) is 1.45. The Kier molecular flexibility index (Phi) is 4.71. The Hall–Kier alpha value is -1.85. The molecule has 2 aromatic carbocycles. The molecule has 1 amide bonds. The maximum absolute atomic E-state index is 13.4. The lowest BCUT2D eigenvalue weighted by Crippen LogP contribution is -2.51. The summed E-state index contributed by atoms with van der Waals surface area (Å²) in [6, 6.07) is 18.6. The first-order valence-electron chi connectivity index (χ1n) is 10.4. The summed E-state index contributed by atoms with van der Waals surface area (Å²) < 4.78 is 13.0. The van der Waals surface area contributed by atoms with E-state index in [1.165, 1.54) is 18.4 Å². The number of rotatable bonds is 6. The van der Waals surface area contributed by atoms with E-state index in [9.17, 15) is 4.79 Å². The van der Waals surface area contributed by atoms with Crippen molar-refractivity contribution in [3.05, 3.63) is 70.2 Å². The Morgan fingerprint density at radius 2 is 1.83 bits per heavy atom. The van der Waals surface area contributed by atoms with Gasteiger partial charge in [0.05, 0.1) is 18.2 Å². The lowest BCUT2D eigenvalue weighted by atomic mass is 9.81.